The summed E-state index contributed by atoms with van der Waals surface area (Å²) in [6.07, 6.45) is 0.374. The number of hydrogen-bond acceptors (Lipinski definition) is 3. The molecule has 0 radical (unpaired) electrons. The Morgan fingerprint density at radius 2 is 1.67 bits per heavy atom. The van der Waals surface area contributed by atoms with E-state index in [0.29, 0.717) is 17.8 Å². The second kappa shape index (κ2) is 8.33. The molecule has 1 atom stereocenters. The lowest BCUT2D eigenvalue weighted by atomic mass is 10.1. The number of amides is 4. The molecular weight excluding hydrogens is 308 g/mol. The van der Waals surface area contributed by atoms with Crippen molar-refractivity contribution in [2.75, 3.05) is 10.6 Å². The molecule has 0 saturated heterocycles. The molecule has 24 heavy (non-hydrogen) atoms. The van der Waals surface area contributed by atoms with Crippen molar-refractivity contribution in [1.82, 2.24) is 10.6 Å². The lowest BCUT2D eigenvalue weighted by Gasteiger charge is -2.23. The predicted octanol–water partition coefficient (Wildman–Crippen LogP) is 2.46. The molecule has 0 bridgehead atoms. The average Bonchev–Trinajstić information content (AvgIpc) is 2.45. The molecule has 0 spiro atoms. The van der Waals surface area contributed by atoms with Crippen LogP contribution in [0.5, 0.6) is 0 Å². The number of nitrogens with one attached hydrogen (secondary N) is 4. The highest BCUT2D eigenvalue weighted by atomic mass is 16.2. The Balaban J connectivity index is 2.60. The third kappa shape index (κ3) is 7.13. The quantitative estimate of drug-likeness (QED) is 0.665. The van der Waals surface area contributed by atoms with Gasteiger partial charge in [0.25, 0.3) is 0 Å². The van der Waals surface area contributed by atoms with E-state index < -0.39 is 12.1 Å². The maximum absolute atomic E-state index is 12.0. The number of urea groups is 1. The first kappa shape index (κ1) is 19.5. The van der Waals surface area contributed by atoms with Crippen LogP contribution in [0.3, 0.4) is 0 Å². The molecule has 0 aliphatic rings. The molecule has 1 unspecified atom stereocenters. The number of carbonyl (C=O) groups is 3. The molecule has 132 valence electrons. The third-order valence-corrected chi connectivity index (χ3v) is 2.96. The first-order valence-corrected chi connectivity index (χ1v) is 7.90. The minimum atomic E-state index is -0.674. The van der Waals surface area contributed by atoms with Crippen LogP contribution in [0.2, 0.25) is 0 Å². The highest BCUT2D eigenvalue weighted by Crippen LogP contribution is 2.15. The van der Waals surface area contributed by atoms with Gasteiger partial charge < -0.3 is 21.3 Å². The van der Waals surface area contributed by atoms with Crippen molar-refractivity contribution in [2.24, 2.45) is 0 Å². The number of benzene rings is 1. The maximum Gasteiger partial charge on any atom is 0.319 e. The molecule has 1 aromatic carbocycles. The molecule has 1 aromatic rings. The molecular formula is C17H26N4O3. The fourth-order valence-corrected chi connectivity index (χ4v) is 1.83. The van der Waals surface area contributed by atoms with Gasteiger partial charge in [-0.3, -0.25) is 9.59 Å². The van der Waals surface area contributed by atoms with Gasteiger partial charge in [0, 0.05) is 23.3 Å². The Labute approximate surface area is 142 Å². The second-order valence-electron chi connectivity index (χ2n) is 6.54. The van der Waals surface area contributed by atoms with E-state index >= 15 is 0 Å². The summed E-state index contributed by atoms with van der Waals surface area (Å²) in [5.41, 5.74) is 0.748. The van der Waals surface area contributed by atoms with E-state index in [0.717, 1.165) is 0 Å². The molecule has 7 heteroatoms. The number of rotatable bonds is 5. The Hall–Kier alpha value is -2.57. The van der Waals surface area contributed by atoms with Gasteiger partial charge in [-0.05, 0) is 45.9 Å². The molecule has 7 nitrogen and oxygen atoms in total. The van der Waals surface area contributed by atoms with Crippen LogP contribution in [-0.4, -0.2) is 29.4 Å². The van der Waals surface area contributed by atoms with Crippen LogP contribution in [0, 0.1) is 0 Å². The highest BCUT2D eigenvalue weighted by molar-refractivity contribution is 5.95. The summed E-state index contributed by atoms with van der Waals surface area (Å²) in [5, 5.41) is 10.7. The van der Waals surface area contributed by atoms with Crippen molar-refractivity contribution >= 4 is 29.2 Å². The number of carbonyl (C=O) groups excluding carboxylic acids is 3. The zero-order valence-electron chi connectivity index (χ0n) is 14.8. The van der Waals surface area contributed by atoms with Crippen LogP contribution in [0.25, 0.3) is 0 Å². The van der Waals surface area contributed by atoms with Crippen molar-refractivity contribution in [1.29, 1.82) is 0 Å². The Morgan fingerprint density at radius 1 is 1.08 bits per heavy atom. The fourth-order valence-electron chi connectivity index (χ4n) is 1.83. The van der Waals surface area contributed by atoms with Crippen molar-refractivity contribution < 1.29 is 14.4 Å². The van der Waals surface area contributed by atoms with E-state index in [1.54, 1.807) is 38.1 Å². The van der Waals surface area contributed by atoms with E-state index in [1.807, 2.05) is 20.8 Å². The standard InChI is InChI=1S/C17H26N4O3/c1-6-14(22)19-12-8-7-9-13(10-12)20-16(24)18-11(2)15(23)21-17(3,4)5/h7-11H,6H2,1-5H3,(H,19,22)(H,21,23)(H2,18,20,24). The molecule has 0 aliphatic heterocycles. The summed E-state index contributed by atoms with van der Waals surface area (Å²) in [7, 11) is 0. The summed E-state index contributed by atoms with van der Waals surface area (Å²) < 4.78 is 0. The van der Waals surface area contributed by atoms with Gasteiger partial charge in [-0.25, -0.2) is 4.79 Å². The zero-order valence-corrected chi connectivity index (χ0v) is 14.8. The Bertz CT molecular complexity index is 608. The summed E-state index contributed by atoms with van der Waals surface area (Å²) in [4.78, 5) is 35.3. The van der Waals surface area contributed by atoms with Crippen LogP contribution in [0.1, 0.15) is 41.0 Å². The predicted molar refractivity (Wildman–Crippen MR) is 94.9 cm³/mol. The van der Waals surface area contributed by atoms with Gasteiger partial charge in [0.15, 0.2) is 0 Å². The van der Waals surface area contributed by atoms with Gasteiger partial charge in [0.05, 0.1) is 0 Å². The van der Waals surface area contributed by atoms with Crippen LogP contribution in [0.15, 0.2) is 24.3 Å². The SMILES string of the molecule is CCC(=O)Nc1cccc(NC(=O)NC(C)C(=O)NC(C)(C)C)c1. The molecule has 1 rings (SSSR count). The Morgan fingerprint density at radius 3 is 2.21 bits per heavy atom. The minimum absolute atomic E-state index is 0.107. The summed E-state index contributed by atoms with van der Waals surface area (Å²) >= 11 is 0. The van der Waals surface area contributed by atoms with Crippen LogP contribution < -0.4 is 21.3 Å². The zero-order chi connectivity index (χ0) is 18.3. The number of hydrogen-bond donors (Lipinski definition) is 4. The lowest BCUT2D eigenvalue weighted by Crippen LogP contribution is -2.51. The van der Waals surface area contributed by atoms with Gasteiger partial charge in [-0.15, -0.1) is 0 Å². The van der Waals surface area contributed by atoms with Crippen LogP contribution in [0.4, 0.5) is 16.2 Å². The largest absolute Gasteiger partial charge is 0.350 e. The van der Waals surface area contributed by atoms with Crippen LogP contribution in [-0.2, 0) is 9.59 Å². The van der Waals surface area contributed by atoms with Crippen molar-refractivity contribution in [3.8, 4) is 0 Å². The normalized spacial score (nSPS) is 12.0. The summed E-state index contributed by atoms with van der Waals surface area (Å²) in [5.74, 6) is -0.370. The van der Waals surface area contributed by atoms with Gasteiger partial charge in [-0.1, -0.05) is 13.0 Å². The van der Waals surface area contributed by atoms with E-state index in [2.05, 4.69) is 21.3 Å². The second-order valence-corrected chi connectivity index (χ2v) is 6.54. The van der Waals surface area contributed by atoms with Gasteiger partial charge in [0.2, 0.25) is 11.8 Å². The first-order valence-electron chi connectivity index (χ1n) is 7.90. The van der Waals surface area contributed by atoms with Crippen molar-refractivity contribution in [3.63, 3.8) is 0 Å². The smallest absolute Gasteiger partial charge is 0.319 e. The molecule has 0 aliphatic carbocycles. The highest BCUT2D eigenvalue weighted by Gasteiger charge is 2.20. The molecule has 0 fully saturated rings. The minimum Gasteiger partial charge on any atom is -0.350 e. The monoisotopic (exact) mass is 334 g/mol. The molecule has 0 aromatic heterocycles. The maximum atomic E-state index is 12.0. The molecule has 4 N–H and O–H groups in total. The van der Waals surface area contributed by atoms with Gasteiger partial charge in [-0.2, -0.15) is 0 Å². The van der Waals surface area contributed by atoms with Crippen molar-refractivity contribution in [3.05, 3.63) is 24.3 Å². The van der Waals surface area contributed by atoms with E-state index in [1.165, 1.54) is 0 Å². The summed E-state index contributed by atoms with van der Waals surface area (Å²) in [6.45, 7) is 8.97. The molecule has 0 saturated carbocycles. The lowest BCUT2D eigenvalue weighted by molar-refractivity contribution is -0.124. The van der Waals surface area contributed by atoms with E-state index in [9.17, 15) is 14.4 Å². The Kier molecular flexibility index (Phi) is 6.76. The molecule has 0 heterocycles. The summed E-state index contributed by atoms with van der Waals surface area (Å²) in [6, 6.07) is 5.62. The van der Waals surface area contributed by atoms with Gasteiger partial charge >= 0.3 is 6.03 Å². The van der Waals surface area contributed by atoms with Gasteiger partial charge in [0.1, 0.15) is 6.04 Å². The van der Waals surface area contributed by atoms with E-state index in [-0.39, 0.29) is 17.4 Å². The van der Waals surface area contributed by atoms with Crippen molar-refractivity contribution in [2.45, 2.75) is 52.6 Å². The molecule has 4 amide bonds. The first-order chi connectivity index (χ1) is 11.1. The van der Waals surface area contributed by atoms with Crippen LogP contribution >= 0.6 is 0 Å². The number of anilines is 2. The van der Waals surface area contributed by atoms with E-state index in [4.69, 9.17) is 0 Å². The average molecular weight is 334 g/mol. The fraction of sp³-hybridized carbons (Fsp3) is 0.471. The third-order valence-electron chi connectivity index (χ3n) is 2.96. The topological polar surface area (TPSA) is 99.3 Å².